The molecule has 22 heavy (non-hydrogen) atoms. The third-order valence-electron chi connectivity index (χ3n) is 4.04. The van der Waals surface area contributed by atoms with Crippen LogP contribution >= 0.6 is 11.6 Å². The number of hydrogen-bond acceptors (Lipinski definition) is 2. The van der Waals surface area contributed by atoms with Gasteiger partial charge in [0.1, 0.15) is 5.49 Å². The molecule has 0 radical (unpaired) electrons. The molecule has 0 atom stereocenters. The lowest BCUT2D eigenvalue weighted by Gasteiger charge is -2.17. The molecule has 1 fully saturated rings. The summed E-state index contributed by atoms with van der Waals surface area (Å²) < 4.78 is 1.62. The van der Waals surface area contributed by atoms with E-state index in [2.05, 4.69) is 0 Å². The minimum Gasteiger partial charge on any atom is -0.268 e. The van der Waals surface area contributed by atoms with Crippen LogP contribution in [0.15, 0.2) is 53.7 Å². The smallest absolute Gasteiger partial charge is 0.263 e. The Balaban J connectivity index is 1.95. The summed E-state index contributed by atoms with van der Waals surface area (Å²) in [6.07, 6.45) is 7.76. The summed E-state index contributed by atoms with van der Waals surface area (Å²) in [5.41, 5.74) is 1.34. The molecule has 3 nitrogen and oxygen atoms in total. The second kappa shape index (κ2) is 6.93. The molecule has 0 unspecified atom stereocenters. The van der Waals surface area contributed by atoms with Crippen molar-refractivity contribution < 1.29 is 4.79 Å². The molecule has 4 heteroatoms. The number of carbonyl (C=O) groups is 1. The quantitative estimate of drug-likeness (QED) is 0.823. The van der Waals surface area contributed by atoms with Gasteiger partial charge in [0.2, 0.25) is 0 Å². The van der Waals surface area contributed by atoms with E-state index in [0.717, 1.165) is 18.3 Å². The summed E-state index contributed by atoms with van der Waals surface area (Å²) in [6.45, 7) is 0. The van der Waals surface area contributed by atoms with Gasteiger partial charge in [-0.25, -0.2) is 0 Å². The largest absolute Gasteiger partial charge is 0.268 e. The summed E-state index contributed by atoms with van der Waals surface area (Å²) in [5.74, 6) is -0.0770. The number of carbonyl (C=O) groups excluding carboxylic acids is 1. The summed E-state index contributed by atoms with van der Waals surface area (Å²) in [4.78, 5) is 17.5. The van der Waals surface area contributed by atoms with E-state index in [-0.39, 0.29) is 5.91 Å². The maximum Gasteiger partial charge on any atom is 0.263 e. The van der Waals surface area contributed by atoms with E-state index in [1.165, 1.54) is 19.3 Å². The molecule has 0 amide bonds. The lowest BCUT2D eigenvalue weighted by Crippen LogP contribution is -2.29. The van der Waals surface area contributed by atoms with Crippen molar-refractivity contribution in [3.8, 4) is 0 Å². The lowest BCUT2D eigenvalue weighted by molar-refractivity contribution is 0.0954. The standard InChI is InChI=1S/C18H19ClN2O/c19-15-11-9-14(10-12-15)18(22)21-13-5-4-8-17(21)20-16-6-2-1-3-7-16/h4-5,8-13,16H,1-3,6-7H2. The van der Waals surface area contributed by atoms with Crippen molar-refractivity contribution >= 4 is 17.5 Å². The van der Waals surface area contributed by atoms with E-state index in [0.29, 0.717) is 16.6 Å². The predicted octanol–water partition coefficient (Wildman–Crippen LogP) is 4.06. The molecule has 0 aliphatic heterocycles. The Morgan fingerprint density at radius 3 is 2.50 bits per heavy atom. The highest BCUT2D eigenvalue weighted by atomic mass is 35.5. The van der Waals surface area contributed by atoms with Crippen molar-refractivity contribution in [3.63, 3.8) is 0 Å². The van der Waals surface area contributed by atoms with E-state index in [1.807, 2.05) is 18.2 Å². The van der Waals surface area contributed by atoms with Crippen LogP contribution in [0.25, 0.3) is 0 Å². The van der Waals surface area contributed by atoms with Gasteiger partial charge in [-0.05, 0) is 49.2 Å². The number of aromatic nitrogens is 1. The fourth-order valence-electron chi connectivity index (χ4n) is 2.84. The normalized spacial score (nSPS) is 16.7. The number of nitrogens with zero attached hydrogens (tertiary/aromatic N) is 2. The molecule has 1 aliphatic rings. The zero-order chi connectivity index (χ0) is 15.4. The molecule has 3 rings (SSSR count). The molecule has 1 heterocycles. The number of halogens is 1. The number of benzene rings is 1. The predicted molar refractivity (Wildman–Crippen MR) is 88.0 cm³/mol. The maximum absolute atomic E-state index is 12.7. The summed E-state index contributed by atoms with van der Waals surface area (Å²) in [5, 5.41) is 0.627. The fourth-order valence-corrected chi connectivity index (χ4v) is 2.97. The summed E-state index contributed by atoms with van der Waals surface area (Å²) in [6, 6.07) is 13.0. The average Bonchev–Trinajstić information content (AvgIpc) is 2.56. The second-order valence-corrected chi connectivity index (χ2v) is 6.10. The highest BCUT2D eigenvalue weighted by molar-refractivity contribution is 6.30. The topological polar surface area (TPSA) is 34.4 Å². The Morgan fingerprint density at radius 2 is 1.77 bits per heavy atom. The van der Waals surface area contributed by atoms with Crippen molar-refractivity contribution in [2.75, 3.05) is 0 Å². The fraction of sp³-hybridized carbons (Fsp3) is 0.333. The Kier molecular flexibility index (Phi) is 4.74. The summed E-state index contributed by atoms with van der Waals surface area (Å²) in [7, 11) is 0. The molecule has 0 N–H and O–H groups in total. The first-order valence-corrected chi connectivity index (χ1v) is 8.13. The lowest BCUT2D eigenvalue weighted by atomic mass is 9.96. The molecule has 1 aromatic heterocycles. The monoisotopic (exact) mass is 314 g/mol. The van der Waals surface area contributed by atoms with Crippen LogP contribution in [0.4, 0.5) is 0 Å². The first-order valence-electron chi connectivity index (χ1n) is 7.76. The average molecular weight is 315 g/mol. The highest BCUT2D eigenvalue weighted by Gasteiger charge is 2.13. The van der Waals surface area contributed by atoms with Crippen molar-refractivity contribution in [1.82, 2.24) is 4.57 Å². The highest BCUT2D eigenvalue weighted by Crippen LogP contribution is 2.19. The van der Waals surface area contributed by atoms with Crippen LogP contribution in [-0.4, -0.2) is 16.5 Å². The molecule has 0 saturated heterocycles. The van der Waals surface area contributed by atoms with Gasteiger partial charge in [-0.1, -0.05) is 36.9 Å². The molecule has 2 aromatic rings. The third kappa shape index (κ3) is 3.47. The van der Waals surface area contributed by atoms with Gasteiger partial charge in [0, 0.05) is 16.8 Å². The Morgan fingerprint density at radius 1 is 1.05 bits per heavy atom. The number of rotatable bonds is 2. The van der Waals surface area contributed by atoms with Crippen molar-refractivity contribution in [2.45, 2.75) is 38.1 Å². The van der Waals surface area contributed by atoms with Crippen LogP contribution in [0.5, 0.6) is 0 Å². The molecule has 1 saturated carbocycles. The molecule has 0 spiro atoms. The van der Waals surface area contributed by atoms with Crippen molar-refractivity contribution in [1.29, 1.82) is 0 Å². The minimum atomic E-state index is -0.0770. The van der Waals surface area contributed by atoms with Gasteiger partial charge in [0.15, 0.2) is 0 Å². The first kappa shape index (κ1) is 15.0. The van der Waals surface area contributed by atoms with Crippen molar-refractivity contribution in [2.24, 2.45) is 4.99 Å². The zero-order valence-corrected chi connectivity index (χ0v) is 13.2. The van der Waals surface area contributed by atoms with Crippen LogP contribution in [0.1, 0.15) is 42.5 Å². The van der Waals surface area contributed by atoms with Crippen LogP contribution in [0.2, 0.25) is 5.02 Å². The van der Waals surface area contributed by atoms with Gasteiger partial charge in [-0.2, -0.15) is 0 Å². The molecular formula is C18H19ClN2O. The first-order chi connectivity index (χ1) is 10.7. The SMILES string of the molecule is O=C(c1ccc(Cl)cc1)n1ccccc1=NC1CCCCC1. The Bertz CT molecular complexity index is 712. The molecule has 1 aliphatic carbocycles. The molecular weight excluding hydrogens is 296 g/mol. The zero-order valence-electron chi connectivity index (χ0n) is 12.4. The van der Waals surface area contributed by atoms with Gasteiger partial charge in [0.05, 0.1) is 6.04 Å². The van der Waals surface area contributed by atoms with Gasteiger partial charge in [0.25, 0.3) is 5.91 Å². The van der Waals surface area contributed by atoms with Crippen LogP contribution in [0, 0.1) is 0 Å². The molecule has 0 bridgehead atoms. The second-order valence-electron chi connectivity index (χ2n) is 5.66. The minimum absolute atomic E-state index is 0.0770. The van der Waals surface area contributed by atoms with Gasteiger partial charge < -0.3 is 0 Å². The van der Waals surface area contributed by atoms with E-state index in [9.17, 15) is 4.79 Å². The number of pyridine rings is 1. The van der Waals surface area contributed by atoms with Crippen molar-refractivity contribution in [3.05, 3.63) is 64.7 Å². The van der Waals surface area contributed by atoms with Gasteiger partial charge >= 0.3 is 0 Å². The van der Waals surface area contributed by atoms with E-state index in [1.54, 1.807) is 35.0 Å². The van der Waals surface area contributed by atoms with Gasteiger partial charge in [-0.3, -0.25) is 14.4 Å². The van der Waals surface area contributed by atoms with Crippen LogP contribution < -0.4 is 5.49 Å². The van der Waals surface area contributed by atoms with Gasteiger partial charge in [-0.15, -0.1) is 0 Å². The van der Waals surface area contributed by atoms with Crippen LogP contribution in [0.3, 0.4) is 0 Å². The number of hydrogen-bond donors (Lipinski definition) is 0. The molecule has 1 aromatic carbocycles. The Hall–Kier alpha value is -1.87. The Labute approximate surface area is 135 Å². The van der Waals surface area contributed by atoms with Crippen LogP contribution in [-0.2, 0) is 0 Å². The maximum atomic E-state index is 12.7. The third-order valence-corrected chi connectivity index (χ3v) is 4.29. The molecule has 114 valence electrons. The van der Waals surface area contributed by atoms with E-state index < -0.39 is 0 Å². The van der Waals surface area contributed by atoms with E-state index in [4.69, 9.17) is 16.6 Å². The summed E-state index contributed by atoms with van der Waals surface area (Å²) >= 11 is 5.89. The van der Waals surface area contributed by atoms with E-state index >= 15 is 0 Å².